The molecule has 1 aromatic carbocycles. The van der Waals surface area contributed by atoms with E-state index in [0.717, 1.165) is 12.1 Å². The fourth-order valence-electron chi connectivity index (χ4n) is 1.82. The van der Waals surface area contributed by atoms with Crippen LogP contribution in [0.5, 0.6) is 0 Å². The normalized spacial score (nSPS) is 22.7. The number of fused-ring (bicyclic) bond motifs is 2. The Kier molecular flexibility index (Phi) is 2.22. The SMILES string of the molecule is C1=CCC2C=Nc3ccccc3SC2=C1. The van der Waals surface area contributed by atoms with Crippen molar-refractivity contribution in [1.82, 2.24) is 0 Å². The molecule has 0 aromatic heterocycles. The molecule has 15 heavy (non-hydrogen) atoms. The molecule has 0 radical (unpaired) electrons. The van der Waals surface area contributed by atoms with Gasteiger partial charge in [-0.3, -0.25) is 4.99 Å². The fourth-order valence-corrected chi connectivity index (χ4v) is 2.90. The number of hydrogen-bond acceptors (Lipinski definition) is 2. The highest BCUT2D eigenvalue weighted by Gasteiger charge is 2.18. The van der Waals surface area contributed by atoms with Crippen LogP contribution in [-0.2, 0) is 0 Å². The molecular formula is C13H11NS. The van der Waals surface area contributed by atoms with Gasteiger partial charge in [0.05, 0.1) is 5.69 Å². The maximum absolute atomic E-state index is 4.55. The summed E-state index contributed by atoms with van der Waals surface area (Å²) in [6.07, 6.45) is 9.70. The predicted octanol–water partition coefficient (Wildman–Crippen LogP) is 3.95. The molecule has 0 bridgehead atoms. The predicted molar refractivity (Wildman–Crippen MR) is 65.8 cm³/mol. The quantitative estimate of drug-likeness (QED) is 0.635. The van der Waals surface area contributed by atoms with Gasteiger partial charge in [-0.05, 0) is 23.5 Å². The Balaban J connectivity index is 2.07. The van der Waals surface area contributed by atoms with Crippen molar-refractivity contribution >= 4 is 23.7 Å². The lowest BCUT2D eigenvalue weighted by atomic mass is 10.0. The van der Waals surface area contributed by atoms with E-state index in [0.29, 0.717) is 5.92 Å². The molecule has 0 spiro atoms. The molecular weight excluding hydrogens is 202 g/mol. The number of thioether (sulfide) groups is 1. The second-order valence-electron chi connectivity index (χ2n) is 3.69. The number of nitrogens with zero attached hydrogens (tertiary/aromatic N) is 1. The first-order valence-corrected chi connectivity index (χ1v) is 5.93. The van der Waals surface area contributed by atoms with E-state index in [2.05, 4.69) is 47.6 Å². The molecule has 0 amide bonds. The molecule has 0 saturated carbocycles. The Labute approximate surface area is 93.6 Å². The van der Waals surface area contributed by atoms with Gasteiger partial charge in [0.25, 0.3) is 0 Å². The van der Waals surface area contributed by atoms with Gasteiger partial charge in [-0.1, -0.05) is 42.1 Å². The van der Waals surface area contributed by atoms with E-state index >= 15 is 0 Å². The van der Waals surface area contributed by atoms with E-state index < -0.39 is 0 Å². The zero-order chi connectivity index (χ0) is 10.1. The molecule has 1 aliphatic carbocycles. The van der Waals surface area contributed by atoms with E-state index in [-0.39, 0.29) is 0 Å². The van der Waals surface area contributed by atoms with E-state index in [1.807, 2.05) is 17.8 Å². The Bertz CT molecular complexity index is 471. The maximum atomic E-state index is 4.55. The lowest BCUT2D eigenvalue weighted by Crippen LogP contribution is -2.03. The highest BCUT2D eigenvalue weighted by atomic mass is 32.2. The molecule has 0 saturated heterocycles. The van der Waals surface area contributed by atoms with Gasteiger partial charge in [0.1, 0.15) is 0 Å². The van der Waals surface area contributed by atoms with Crippen LogP contribution in [0.25, 0.3) is 0 Å². The maximum Gasteiger partial charge on any atom is 0.0765 e. The average Bonchev–Trinajstić information content (AvgIpc) is 2.48. The third-order valence-corrected chi connectivity index (χ3v) is 3.88. The minimum Gasteiger partial charge on any atom is -0.259 e. The average molecular weight is 213 g/mol. The number of allylic oxidation sites excluding steroid dienone is 4. The van der Waals surface area contributed by atoms with Gasteiger partial charge in [0.2, 0.25) is 0 Å². The Morgan fingerprint density at radius 1 is 1.27 bits per heavy atom. The highest BCUT2D eigenvalue weighted by Crippen LogP contribution is 2.41. The summed E-state index contributed by atoms with van der Waals surface area (Å²) < 4.78 is 0. The van der Waals surface area contributed by atoms with E-state index in [9.17, 15) is 0 Å². The number of aliphatic imine (C=N–C) groups is 1. The number of para-hydroxylation sites is 1. The monoisotopic (exact) mass is 213 g/mol. The van der Waals surface area contributed by atoms with Crippen molar-refractivity contribution in [2.75, 3.05) is 0 Å². The van der Waals surface area contributed by atoms with Crippen molar-refractivity contribution in [2.45, 2.75) is 11.3 Å². The van der Waals surface area contributed by atoms with E-state index in [1.54, 1.807) is 0 Å². The molecule has 1 atom stereocenters. The molecule has 0 fully saturated rings. The van der Waals surface area contributed by atoms with Crippen LogP contribution in [0, 0.1) is 5.92 Å². The zero-order valence-corrected chi connectivity index (χ0v) is 9.08. The van der Waals surface area contributed by atoms with Crippen molar-refractivity contribution in [1.29, 1.82) is 0 Å². The van der Waals surface area contributed by atoms with Gasteiger partial charge in [-0.15, -0.1) is 0 Å². The zero-order valence-electron chi connectivity index (χ0n) is 8.26. The van der Waals surface area contributed by atoms with Crippen LogP contribution in [0.2, 0.25) is 0 Å². The van der Waals surface area contributed by atoms with Gasteiger partial charge >= 0.3 is 0 Å². The van der Waals surface area contributed by atoms with Gasteiger partial charge in [-0.25, -0.2) is 0 Å². The van der Waals surface area contributed by atoms with Crippen LogP contribution >= 0.6 is 11.8 Å². The van der Waals surface area contributed by atoms with Crippen LogP contribution in [0.1, 0.15) is 6.42 Å². The topological polar surface area (TPSA) is 12.4 Å². The molecule has 3 rings (SSSR count). The number of benzene rings is 1. The smallest absolute Gasteiger partial charge is 0.0765 e. The minimum absolute atomic E-state index is 0.479. The van der Waals surface area contributed by atoms with Crippen LogP contribution < -0.4 is 0 Å². The Morgan fingerprint density at radius 3 is 3.20 bits per heavy atom. The van der Waals surface area contributed by atoms with Gasteiger partial charge < -0.3 is 0 Å². The standard InChI is InChI=1S/C13H11NS/c1-3-7-12-10(5-1)9-14-11-6-2-4-8-13(11)15-12/h1-4,6-10H,5H2. The first kappa shape index (κ1) is 8.98. The molecule has 1 heterocycles. The minimum atomic E-state index is 0.479. The summed E-state index contributed by atoms with van der Waals surface area (Å²) in [5.41, 5.74) is 1.10. The van der Waals surface area contributed by atoms with Crippen LogP contribution in [-0.4, -0.2) is 6.21 Å². The third-order valence-electron chi connectivity index (χ3n) is 2.64. The molecule has 1 aromatic rings. The van der Waals surface area contributed by atoms with Crippen LogP contribution in [0.3, 0.4) is 0 Å². The molecule has 1 nitrogen and oxygen atoms in total. The molecule has 1 unspecified atom stereocenters. The summed E-state index contributed by atoms with van der Waals surface area (Å²) in [4.78, 5) is 7.22. The Hall–Kier alpha value is -1.28. The lowest BCUT2D eigenvalue weighted by Gasteiger charge is -2.14. The summed E-state index contributed by atoms with van der Waals surface area (Å²) in [5, 5.41) is 0. The van der Waals surface area contributed by atoms with Crippen molar-refractivity contribution in [2.24, 2.45) is 10.9 Å². The van der Waals surface area contributed by atoms with Crippen LogP contribution in [0.4, 0.5) is 5.69 Å². The molecule has 2 aliphatic rings. The highest BCUT2D eigenvalue weighted by molar-refractivity contribution is 8.03. The van der Waals surface area contributed by atoms with Gasteiger partial charge in [0, 0.05) is 17.0 Å². The first-order valence-electron chi connectivity index (χ1n) is 5.11. The Morgan fingerprint density at radius 2 is 2.20 bits per heavy atom. The summed E-state index contributed by atoms with van der Waals surface area (Å²) in [6, 6.07) is 8.32. The summed E-state index contributed by atoms with van der Waals surface area (Å²) >= 11 is 1.85. The molecule has 0 N–H and O–H groups in total. The van der Waals surface area contributed by atoms with Crippen molar-refractivity contribution in [3.63, 3.8) is 0 Å². The van der Waals surface area contributed by atoms with E-state index in [1.165, 1.54) is 9.80 Å². The fraction of sp³-hybridized carbons (Fsp3) is 0.154. The van der Waals surface area contributed by atoms with Gasteiger partial charge in [-0.2, -0.15) is 0 Å². The number of rotatable bonds is 0. The summed E-state index contributed by atoms with van der Waals surface area (Å²) in [5.74, 6) is 0.479. The molecule has 1 aliphatic heterocycles. The third kappa shape index (κ3) is 1.65. The summed E-state index contributed by atoms with van der Waals surface area (Å²) in [7, 11) is 0. The van der Waals surface area contributed by atoms with Crippen molar-refractivity contribution < 1.29 is 0 Å². The summed E-state index contributed by atoms with van der Waals surface area (Å²) in [6.45, 7) is 0. The largest absolute Gasteiger partial charge is 0.259 e. The van der Waals surface area contributed by atoms with Gasteiger partial charge in [0.15, 0.2) is 0 Å². The van der Waals surface area contributed by atoms with Crippen molar-refractivity contribution in [3.8, 4) is 0 Å². The van der Waals surface area contributed by atoms with Crippen LogP contribution in [0.15, 0.2) is 57.3 Å². The molecule has 2 heteroatoms. The second-order valence-corrected chi connectivity index (χ2v) is 4.80. The molecule has 74 valence electrons. The second kappa shape index (κ2) is 3.70. The first-order chi connectivity index (χ1) is 7.43. The number of hydrogen-bond donors (Lipinski definition) is 0. The van der Waals surface area contributed by atoms with Crippen molar-refractivity contribution in [3.05, 3.63) is 47.4 Å². The lowest BCUT2D eigenvalue weighted by molar-refractivity contribution is 0.875. The van der Waals surface area contributed by atoms with E-state index in [4.69, 9.17) is 0 Å².